The first-order valence-electron chi connectivity index (χ1n) is 10.4. The fourth-order valence-corrected chi connectivity index (χ4v) is 3.81. The van der Waals surface area contributed by atoms with Gasteiger partial charge in [-0.05, 0) is 37.1 Å². The van der Waals surface area contributed by atoms with Crippen molar-refractivity contribution in [2.45, 2.75) is 18.9 Å². The van der Waals surface area contributed by atoms with E-state index in [0.717, 1.165) is 25.9 Å². The third-order valence-electron chi connectivity index (χ3n) is 5.56. The van der Waals surface area contributed by atoms with Gasteiger partial charge in [-0.3, -0.25) is 4.79 Å². The van der Waals surface area contributed by atoms with Gasteiger partial charge >= 0.3 is 5.97 Å². The van der Waals surface area contributed by atoms with Crippen molar-refractivity contribution in [3.05, 3.63) is 64.2 Å². The number of benzene rings is 2. The highest BCUT2D eigenvalue weighted by Crippen LogP contribution is 2.38. The predicted octanol–water partition coefficient (Wildman–Crippen LogP) is 3.10. The number of anilines is 1. The van der Waals surface area contributed by atoms with E-state index in [1.165, 1.54) is 30.5 Å². The van der Waals surface area contributed by atoms with Crippen molar-refractivity contribution in [3.63, 3.8) is 0 Å². The maximum atomic E-state index is 14.6. The van der Waals surface area contributed by atoms with E-state index in [4.69, 9.17) is 10.2 Å². The Balaban J connectivity index is 0.000000290. The number of aromatic carboxylic acids is 1. The highest BCUT2D eigenvalue weighted by atomic mass is 35.5. The lowest BCUT2D eigenvalue weighted by Crippen LogP contribution is -2.43. The molecule has 4 N–H and O–H groups in total. The molecule has 1 saturated carbocycles. The molecule has 2 fully saturated rings. The van der Waals surface area contributed by atoms with Gasteiger partial charge in [-0.25, -0.2) is 9.18 Å². The highest BCUT2D eigenvalue weighted by Gasteiger charge is 2.28. The standard InChI is InChI=1S/C17H18FN3O3.C6H6O2.ClH/c18-13-7-11-14(8-15(13)20-5-3-19-4-6-20)21(10-1-2-10)9-12(16(11)22)17(23)24;7-5-2-1-3-6(8)4-5;/h7-10,19H,1-6H2,(H,23,24);1-4,7-8H;1H. The number of fused-ring (bicyclic) bond motifs is 1. The number of nitrogens with zero attached hydrogens (tertiary/aromatic N) is 2. The molecule has 8 nitrogen and oxygen atoms in total. The molecule has 1 aromatic heterocycles. The van der Waals surface area contributed by atoms with Gasteiger partial charge in [0.25, 0.3) is 0 Å². The molecular weight excluding hydrogens is 453 g/mol. The van der Waals surface area contributed by atoms with Gasteiger partial charge < -0.3 is 30.1 Å². The SMILES string of the molecule is Cl.O=C(O)c1cn(C2CC2)c2cc(N3CCNCC3)c(F)cc2c1=O.Oc1cccc(O)c1. The van der Waals surface area contributed by atoms with Gasteiger partial charge in [0.15, 0.2) is 0 Å². The Morgan fingerprint density at radius 2 is 1.70 bits per heavy atom. The summed E-state index contributed by atoms with van der Waals surface area (Å²) in [6.45, 7) is 2.96. The zero-order valence-corrected chi connectivity index (χ0v) is 18.5. The minimum atomic E-state index is -1.28. The van der Waals surface area contributed by atoms with Crippen LogP contribution in [-0.4, -0.2) is 52.0 Å². The summed E-state index contributed by atoms with van der Waals surface area (Å²) in [5, 5.41) is 29.9. The number of hydrogen-bond donors (Lipinski definition) is 4. The maximum Gasteiger partial charge on any atom is 0.341 e. The van der Waals surface area contributed by atoms with Crippen LogP contribution in [0.25, 0.3) is 10.9 Å². The number of aromatic nitrogens is 1. The molecule has 1 aliphatic carbocycles. The first-order valence-corrected chi connectivity index (χ1v) is 10.4. The zero-order chi connectivity index (χ0) is 22.8. The van der Waals surface area contributed by atoms with Gasteiger partial charge in [-0.15, -0.1) is 12.4 Å². The van der Waals surface area contributed by atoms with Crippen LogP contribution in [0.2, 0.25) is 0 Å². The molecule has 2 aromatic carbocycles. The van der Waals surface area contributed by atoms with Crippen molar-refractivity contribution in [1.29, 1.82) is 0 Å². The zero-order valence-electron chi connectivity index (χ0n) is 17.7. The number of aromatic hydroxyl groups is 2. The summed E-state index contributed by atoms with van der Waals surface area (Å²) in [6.07, 6.45) is 3.29. The van der Waals surface area contributed by atoms with Crippen LogP contribution in [0, 0.1) is 5.82 Å². The van der Waals surface area contributed by atoms with Gasteiger partial charge in [-0.2, -0.15) is 0 Å². The molecule has 3 aromatic rings. The predicted molar refractivity (Wildman–Crippen MR) is 125 cm³/mol. The smallest absolute Gasteiger partial charge is 0.341 e. The highest BCUT2D eigenvalue weighted by molar-refractivity contribution is 5.93. The molecule has 0 spiro atoms. The fourth-order valence-electron chi connectivity index (χ4n) is 3.81. The molecular formula is C23H25ClFN3O5. The Morgan fingerprint density at radius 3 is 2.21 bits per heavy atom. The first kappa shape index (κ1) is 24.3. The van der Waals surface area contributed by atoms with E-state index < -0.39 is 17.2 Å². The van der Waals surface area contributed by atoms with Crippen LogP contribution in [0.4, 0.5) is 10.1 Å². The summed E-state index contributed by atoms with van der Waals surface area (Å²) in [5.74, 6) is -1.58. The van der Waals surface area contributed by atoms with Gasteiger partial charge in [0, 0.05) is 49.9 Å². The topological polar surface area (TPSA) is 115 Å². The van der Waals surface area contributed by atoms with E-state index in [-0.39, 0.29) is 40.9 Å². The van der Waals surface area contributed by atoms with E-state index in [1.54, 1.807) is 12.1 Å². The number of halogens is 2. The molecule has 176 valence electrons. The molecule has 0 radical (unpaired) electrons. The van der Waals surface area contributed by atoms with E-state index in [1.807, 2.05) is 9.47 Å². The van der Waals surface area contributed by atoms with Crippen molar-refractivity contribution in [3.8, 4) is 11.5 Å². The number of piperazine rings is 1. The van der Waals surface area contributed by atoms with Crippen LogP contribution in [0.3, 0.4) is 0 Å². The number of carboxylic acid groups (broad SMARTS) is 1. The quantitative estimate of drug-likeness (QED) is 0.458. The normalized spacial score (nSPS) is 15.4. The number of nitrogens with one attached hydrogen (secondary N) is 1. The molecule has 0 bridgehead atoms. The Labute approximate surface area is 195 Å². The summed E-state index contributed by atoms with van der Waals surface area (Å²) in [7, 11) is 0. The summed E-state index contributed by atoms with van der Waals surface area (Å²) >= 11 is 0. The maximum absolute atomic E-state index is 14.6. The summed E-state index contributed by atoms with van der Waals surface area (Å²) in [5.41, 5.74) is 0.159. The van der Waals surface area contributed by atoms with Crippen LogP contribution < -0.4 is 15.6 Å². The van der Waals surface area contributed by atoms with E-state index in [9.17, 15) is 19.1 Å². The minimum absolute atomic E-state index is 0. The molecule has 2 heterocycles. The fraction of sp³-hybridized carbons (Fsp3) is 0.304. The number of hydrogen-bond acceptors (Lipinski definition) is 6. The number of pyridine rings is 1. The lowest BCUT2D eigenvalue weighted by atomic mass is 10.1. The Morgan fingerprint density at radius 1 is 1.06 bits per heavy atom. The third kappa shape index (κ3) is 5.37. The van der Waals surface area contributed by atoms with Gasteiger partial charge in [0.05, 0.1) is 11.2 Å². The van der Waals surface area contributed by atoms with Crippen LogP contribution in [0.15, 0.2) is 47.4 Å². The lowest BCUT2D eigenvalue weighted by Gasteiger charge is -2.30. The number of phenols is 2. The van der Waals surface area contributed by atoms with Crippen molar-refractivity contribution < 1.29 is 24.5 Å². The lowest BCUT2D eigenvalue weighted by molar-refractivity contribution is 0.0695. The molecule has 0 atom stereocenters. The van der Waals surface area contributed by atoms with Crippen LogP contribution in [-0.2, 0) is 0 Å². The Kier molecular flexibility index (Phi) is 7.45. The second-order valence-electron chi connectivity index (χ2n) is 7.89. The molecule has 10 heteroatoms. The summed E-state index contributed by atoms with van der Waals surface area (Å²) < 4.78 is 16.4. The average Bonchev–Trinajstić information content (AvgIpc) is 3.60. The minimum Gasteiger partial charge on any atom is -0.508 e. The van der Waals surface area contributed by atoms with Gasteiger partial charge in [-0.1, -0.05) is 6.07 Å². The second kappa shape index (κ2) is 10.1. The van der Waals surface area contributed by atoms with E-state index in [0.29, 0.717) is 24.3 Å². The Bertz CT molecular complexity index is 1210. The largest absolute Gasteiger partial charge is 0.508 e. The van der Waals surface area contributed by atoms with Gasteiger partial charge in [0.1, 0.15) is 22.9 Å². The van der Waals surface area contributed by atoms with Crippen LogP contribution in [0.1, 0.15) is 29.2 Å². The average molecular weight is 478 g/mol. The molecule has 1 saturated heterocycles. The third-order valence-corrected chi connectivity index (χ3v) is 5.56. The Hall–Kier alpha value is -3.30. The second-order valence-corrected chi connectivity index (χ2v) is 7.89. The van der Waals surface area contributed by atoms with E-state index in [2.05, 4.69) is 5.32 Å². The van der Waals surface area contributed by atoms with Crippen molar-refractivity contribution in [1.82, 2.24) is 9.88 Å². The summed E-state index contributed by atoms with van der Waals surface area (Å²) in [4.78, 5) is 25.7. The van der Waals surface area contributed by atoms with Crippen LogP contribution in [0.5, 0.6) is 11.5 Å². The molecule has 0 unspecified atom stereocenters. The van der Waals surface area contributed by atoms with Gasteiger partial charge in [0.2, 0.25) is 5.43 Å². The number of carbonyl (C=O) groups is 1. The molecule has 1 aliphatic heterocycles. The number of carboxylic acids is 1. The monoisotopic (exact) mass is 477 g/mol. The van der Waals surface area contributed by atoms with Crippen molar-refractivity contribution >= 4 is 35.0 Å². The summed E-state index contributed by atoms with van der Waals surface area (Å²) in [6, 6.07) is 8.93. The molecule has 2 aliphatic rings. The number of rotatable bonds is 3. The van der Waals surface area contributed by atoms with Crippen LogP contribution >= 0.6 is 12.4 Å². The first-order chi connectivity index (χ1) is 15.3. The van der Waals surface area contributed by atoms with E-state index >= 15 is 0 Å². The molecule has 0 amide bonds. The molecule has 33 heavy (non-hydrogen) atoms. The number of phenolic OH excluding ortho intramolecular Hbond substituents is 2. The van der Waals surface area contributed by atoms with Crippen molar-refractivity contribution in [2.75, 3.05) is 31.1 Å². The molecule has 5 rings (SSSR count). The van der Waals surface area contributed by atoms with Crippen molar-refractivity contribution in [2.24, 2.45) is 0 Å².